The van der Waals surface area contributed by atoms with Crippen LogP contribution in [0.25, 0.3) is 10.9 Å². The van der Waals surface area contributed by atoms with Crippen molar-refractivity contribution in [1.29, 1.82) is 0 Å². The van der Waals surface area contributed by atoms with Crippen LogP contribution in [-0.4, -0.2) is 49.1 Å². The Morgan fingerprint density at radius 3 is 2.74 bits per heavy atom. The third-order valence-electron chi connectivity index (χ3n) is 4.94. The van der Waals surface area contributed by atoms with Crippen molar-refractivity contribution < 1.29 is 9.53 Å². The van der Waals surface area contributed by atoms with Crippen LogP contribution >= 0.6 is 11.6 Å². The number of amides is 1. The number of H-pyrrole nitrogens is 1. The van der Waals surface area contributed by atoms with E-state index in [0.717, 1.165) is 42.8 Å². The fourth-order valence-electron chi connectivity index (χ4n) is 3.52. The van der Waals surface area contributed by atoms with Gasteiger partial charge in [0.25, 0.3) is 5.91 Å². The van der Waals surface area contributed by atoms with Crippen molar-refractivity contribution in [1.82, 2.24) is 9.88 Å². The number of morpholine rings is 1. The molecule has 0 bridgehead atoms. The number of nitrogens with zero attached hydrogens (tertiary/aromatic N) is 2. The maximum Gasteiger partial charge on any atom is 0.270 e. The number of aromatic nitrogens is 1. The monoisotopic (exact) mass is 383 g/mol. The van der Waals surface area contributed by atoms with Crippen molar-refractivity contribution in [3.8, 4) is 0 Å². The van der Waals surface area contributed by atoms with Gasteiger partial charge in [0.15, 0.2) is 0 Å². The van der Waals surface area contributed by atoms with Crippen molar-refractivity contribution in [3.63, 3.8) is 0 Å². The Kier molecular flexibility index (Phi) is 5.05. The molecular weight excluding hydrogens is 362 g/mol. The number of aromatic amines is 1. The molecule has 2 aromatic carbocycles. The highest BCUT2D eigenvalue weighted by Gasteiger charge is 2.19. The Balaban J connectivity index is 1.55. The van der Waals surface area contributed by atoms with Gasteiger partial charge >= 0.3 is 0 Å². The van der Waals surface area contributed by atoms with Crippen molar-refractivity contribution in [2.45, 2.75) is 6.54 Å². The zero-order chi connectivity index (χ0) is 18.8. The summed E-state index contributed by atoms with van der Waals surface area (Å²) in [4.78, 5) is 20.2. The molecule has 0 atom stereocenters. The minimum absolute atomic E-state index is 0.0564. The molecule has 3 aromatic rings. The predicted octanol–water partition coefficient (Wildman–Crippen LogP) is 3.93. The Bertz CT molecular complexity index is 963. The van der Waals surface area contributed by atoms with Crippen LogP contribution in [0.4, 0.5) is 5.69 Å². The van der Waals surface area contributed by atoms with E-state index in [0.29, 0.717) is 17.3 Å². The van der Waals surface area contributed by atoms with Crippen LogP contribution in [0.15, 0.2) is 48.5 Å². The van der Waals surface area contributed by atoms with Crippen LogP contribution in [0, 0.1) is 0 Å². The predicted molar refractivity (Wildman–Crippen MR) is 109 cm³/mol. The fraction of sp³-hybridized carbons (Fsp3) is 0.286. The zero-order valence-corrected chi connectivity index (χ0v) is 16.0. The van der Waals surface area contributed by atoms with E-state index < -0.39 is 0 Å². The molecule has 1 saturated heterocycles. The molecule has 0 radical (unpaired) electrons. The summed E-state index contributed by atoms with van der Waals surface area (Å²) in [6.45, 7) is 3.75. The van der Waals surface area contributed by atoms with Gasteiger partial charge in [-0.05, 0) is 29.8 Å². The van der Waals surface area contributed by atoms with Crippen LogP contribution in [-0.2, 0) is 11.3 Å². The van der Waals surface area contributed by atoms with Crippen molar-refractivity contribution in [2.24, 2.45) is 0 Å². The van der Waals surface area contributed by atoms with E-state index in [9.17, 15) is 4.79 Å². The summed E-state index contributed by atoms with van der Waals surface area (Å²) in [6, 6.07) is 15.7. The minimum Gasteiger partial charge on any atom is -0.378 e. The van der Waals surface area contributed by atoms with E-state index in [1.54, 1.807) is 4.90 Å². The Morgan fingerprint density at radius 1 is 1.19 bits per heavy atom. The minimum atomic E-state index is -0.0564. The Morgan fingerprint density at radius 2 is 1.96 bits per heavy atom. The summed E-state index contributed by atoms with van der Waals surface area (Å²) in [7, 11) is 1.82. The average Bonchev–Trinajstić information content (AvgIpc) is 3.14. The lowest BCUT2D eigenvalue weighted by Crippen LogP contribution is -2.37. The van der Waals surface area contributed by atoms with E-state index in [1.165, 1.54) is 5.69 Å². The van der Waals surface area contributed by atoms with Crippen molar-refractivity contribution >= 4 is 34.1 Å². The molecule has 1 N–H and O–H groups in total. The van der Waals surface area contributed by atoms with Gasteiger partial charge < -0.3 is 19.5 Å². The maximum absolute atomic E-state index is 12.9. The molecule has 27 heavy (non-hydrogen) atoms. The molecule has 140 valence electrons. The molecule has 0 spiro atoms. The number of halogens is 1. The number of carbonyl (C=O) groups is 1. The molecule has 1 aliphatic heterocycles. The SMILES string of the molecule is CN(Cc1ccccc1N1CCOCC1)C(=O)c1cc2c(Cl)cccc2[nH]1. The molecule has 0 saturated carbocycles. The normalized spacial score (nSPS) is 14.5. The number of benzene rings is 2. The Hall–Kier alpha value is -2.50. The topological polar surface area (TPSA) is 48.6 Å². The first-order valence-electron chi connectivity index (χ1n) is 9.07. The Labute approximate surface area is 163 Å². The van der Waals surface area contributed by atoms with Crippen LogP contribution in [0.5, 0.6) is 0 Å². The zero-order valence-electron chi connectivity index (χ0n) is 15.2. The van der Waals surface area contributed by atoms with E-state index in [1.807, 2.05) is 43.4 Å². The third-order valence-corrected chi connectivity index (χ3v) is 5.27. The molecule has 2 heterocycles. The highest BCUT2D eigenvalue weighted by molar-refractivity contribution is 6.35. The van der Waals surface area contributed by atoms with Crippen LogP contribution < -0.4 is 4.90 Å². The summed E-state index contributed by atoms with van der Waals surface area (Å²) >= 11 is 6.23. The highest BCUT2D eigenvalue weighted by Crippen LogP contribution is 2.26. The average molecular weight is 384 g/mol. The molecule has 1 fully saturated rings. The summed E-state index contributed by atoms with van der Waals surface area (Å²) < 4.78 is 5.46. The molecule has 1 aromatic heterocycles. The smallest absolute Gasteiger partial charge is 0.270 e. The number of carbonyl (C=O) groups excluding carboxylic acids is 1. The molecule has 1 amide bonds. The van der Waals surface area contributed by atoms with Gasteiger partial charge in [-0.3, -0.25) is 4.79 Å². The third kappa shape index (κ3) is 3.66. The first-order chi connectivity index (χ1) is 13.1. The summed E-state index contributed by atoms with van der Waals surface area (Å²) in [5, 5.41) is 1.51. The number of anilines is 1. The second-order valence-electron chi connectivity index (χ2n) is 6.77. The van der Waals surface area contributed by atoms with Gasteiger partial charge in [0.05, 0.1) is 13.2 Å². The molecule has 6 heteroatoms. The second-order valence-corrected chi connectivity index (χ2v) is 7.18. The molecule has 0 unspecified atom stereocenters. The van der Waals surface area contributed by atoms with E-state index in [4.69, 9.17) is 16.3 Å². The van der Waals surface area contributed by atoms with Gasteiger partial charge in [-0.15, -0.1) is 0 Å². The molecule has 0 aliphatic carbocycles. The van der Waals surface area contributed by atoms with Gasteiger partial charge in [0.2, 0.25) is 0 Å². The largest absolute Gasteiger partial charge is 0.378 e. The van der Waals surface area contributed by atoms with Crippen molar-refractivity contribution in [3.05, 3.63) is 64.8 Å². The number of nitrogens with one attached hydrogen (secondary N) is 1. The fourth-order valence-corrected chi connectivity index (χ4v) is 3.75. The number of hydrogen-bond donors (Lipinski definition) is 1. The molecule has 1 aliphatic rings. The first kappa shape index (κ1) is 17.9. The highest BCUT2D eigenvalue weighted by atomic mass is 35.5. The summed E-state index contributed by atoms with van der Waals surface area (Å²) in [5.41, 5.74) is 3.71. The lowest BCUT2D eigenvalue weighted by Gasteiger charge is -2.31. The van der Waals surface area contributed by atoms with Crippen LogP contribution in [0.3, 0.4) is 0 Å². The second kappa shape index (κ2) is 7.62. The molecule has 5 nitrogen and oxygen atoms in total. The van der Waals surface area contributed by atoms with Crippen LogP contribution in [0.2, 0.25) is 5.02 Å². The van der Waals surface area contributed by atoms with Crippen LogP contribution in [0.1, 0.15) is 16.1 Å². The van der Waals surface area contributed by atoms with Gasteiger partial charge in [0.1, 0.15) is 5.69 Å². The number of fused-ring (bicyclic) bond motifs is 1. The number of hydrogen-bond acceptors (Lipinski definition) is 3. The van der Waals surface area contributed by atoms with Gasteiger partial charge in [-0.2, -0.15) is 0 Å². The molecular formula is C21H22ClN3O2. The van der Waals surface area contributed by atoms with Crippen molar-refractivity contribution in [2.75, 3.05) is 38.3 Å². The number of ether oxygens (including phenoxy) is 1. The lowest BCUT2D eigenvalue weighted by molar-refractivity contribution is 0.0780. The molecule has 4 rings (SSSR count). The van der Waals surface area contributed by atoms with Gasteiger partial charge in [-0.25, -0.2) is 0 Å². The van der Waals surface area contributed by atoms with Gasteiger partial charge in [-0.1, -0.05) is 35.9 Å². The van der Waals surface area contributed by atoms with Gasteiger partial charge in [0, 0.05) is 48.3 Å². The summed E-state index contributed by atoms with van der Waals surface area (Å²) in [5.74, 6) is -0.0564. The van der Waals surface area contributed by atoms with E-state index >= 15 is 0 Å². The number of rotatable bonds is 4. The maximum atomic E-state index is 12.9. The standard InChI is InChI=1S/C21H22ClN3O2/c1-24(21(26)19-13-16-17(22)6-4-7-18(16)23-19)14-15-5-2-3-8-20(15)25-9-11-27-12-10-25/h2-8,13,23H,9-12,14H2,1H3. The number of para-hydroxylation sites is 1. The quantitative estimate of drug-likeness (QED) is 0.742. The van der Waals surface area contributed by atoms with E-state index in [2.05, 4.69) is 22.0 Å². The summed E-state index contributed by atoms with van der Waals surface area (Å²) in [6.07, 6.45) is 0. The lowest BCUT2D eigenvalue weighted by atomic mass is 10.1. The van der Waals surface area contributed by atoms with E-state index in [-0.39, 0.29) is 5.91 Å². The first-order valence-corrected chi connectivity index (χ1v) is 9.44.